The molecule has 1 atom stereocenters. The minimum atomic E-state index is -0.464. The van der Waals surface area contributed by atoms with Gasteiger partial charge in [0.05, 0.1) is 16.0 Å². The third kappa shape index (κ3) is 3.59. The number of thioether (sulfide) groups is 1. The molecule has 0 saturated carbocycles. The summed E-state index contributed by atoms with van der Waals surface area (Å²) in [4.78, 5) is 20.5. The number of anilines is 1. The maximum Gasteiger partial charge on any atom is 0.253 e. The van der Waals surface area contributed by atoms with Crippen molar-refractivity contribution in [1.82, 2.24) is 19.6 Å². The third-order valence-electron chi connectivity index (χ3n) is 2.94. The van der Waals surface area contributed by atoms with Crippen LogP contribution in [0.4, 0.5) is 10.1 Å². The molecular formula is C14H11ClFN5OS. The summed E-state index contributed by atoms with van der Waals surface area (Å²) >= 11 is 7.09. The molecule has 6 nitrogen and oxygen atoms in total. The van der Waals surface area contributed by atoms with Crippen molar-refractivity contribution in [3.8, 4) is 0 Å². The van der Waals surface area contributed by atoms with Crippen molar-refractivity contribution in [2.45, 2.75) is 17.3 Å². The highest BCUT2D eigenvalue weighted by Crippen LogP contribution is 2.25. The summed E-state index contributed by atoms with van der Waals surface area (Å²) in [6, 6.07) is 5.53. The molecule has 0 radical (unpaired) electrons. The number of carbonyl (C=O) groups is 1. The standard InChI is InChI=1S/C14H11ClFN5OS/c1-8(12(22)18-11-4-3-9(16)7-10(11)15)23-14-19-13-17-5-2-6-21(13)20-14/h2-8H,1H3,(H,18,22). The fraction of sp³-hybridized carbons (Fsp3) is 0.143. The zero-order valence-electron chi connectivity index (χ0n) is 11.9. The Morgan fingerprint density at radius 1 is 1.48 bits per heavy atom. The van der Waals surface area contributed by atoms with E-state index in [1.807, 2.05) is 0 Å². The van der Waals surface area contributed by atoms with Gasteiger partial charge in [-0.1, -0.05) is 23.4 Å². The number of hydrogen-bond donors (Lipinski definition) is 1. The van der Waals surface area contributed by atoms with Crippen molar-refractivity contribution in [2.24, 2.45) is 0 Å². The Kier molecular flexibility index (Phi) is 4.44. The number of aromatic nitrogens is 4. The number of nitrogens with one attached hydrogen (secondary N) is 1. The summed E-state index contributed by atoms with van der Waals surface area (Å²) in [7, 11) is 0. The lowest BCUT2D eigenvalue weighted by molar-refractivity contribution is -0.115. The van der Waals surface area contributed by atoms with Crippen LogP contribution in [0.3, 0.4) is 0 Å². The second-order valence-electron chi connectivity index (χ2n) is 4.63. The van der Waals surface area contributed by atoms with E-state index < -0.39 is 11.1 Å². The van der Waals surface area contributed by atoms with Crippen molar-refractivity contribution in [2.75, 3.05) is 5.32 Å². The first-order chi connectivity index (χ1) is 11.0. The van der Waals surface area contributed by atoms with Crippen molar-refractivity contribution >= 4 is 40.7 Å². The smallest absolute Gasteiger partial charge is 0.253 e. The van der Waals surface area contributed by atoms with Gasteiger partial charge in [-0.25, -0.2) is 13.9 Å². The average molecular weight is 352 g/mol. The second-order valence-corrected chi connectivity index (χ2v) is 6.35. The van der Waals surface area contributed by atoms with Crippen LogP contribution in [0.15, 0.2) is 41.8 Å². The maximum atomic E-state index is 13.0. The molecule has 0 fully saturated rings. The summed E-state index contributed by atoms with van der Waals surface area (Å²) < 4.78 is 14.5. The first-order valence-electron chi connectivity index (χ1n) is 6.63. The molecule has 0 spiro atoms. The predicted molar refractivity (Wildman–Crippen MR) is 86.1 cm³/mol. The van der Waals surface area contributed by atoms with Gasteiger partial charge >= 0.3 is 0 Å². The number of nitrogens with zero attached hydrogens (tertiary/aromatic N) is 4. The predicted octanol–water partition coefficient (Wildman–Crippen LogP) is 3.04. The quantitative estimate of drug-likeness (QED) is 0.731. The van der Waals surface area contributed by atoms with Crippen molar-refractivity contribution in [3.05, 3.63) is 47.5 Å². The van der Waals surface area contributed by atoms with E-state index in [1.54, 1.807) is 25.4 Å². The Morgan fingerprint density at radius 2 is 2.30 bits per heavy atom. The number of fused-ring (bicyclic) bond motifs is 1. The van der Waals surface area contributed by atoms with Gasteiger partial charge in [0.25, 0.3) is 5.78 Å². The van der Waals surface area contributed by atoms with Crippen LogP contribution in [0.1, 0.15) is 6.92 Å². The molecule has 0 aliphatic rings. The summed E-state index contributed by atoms with van der Waals surface area (Å²) in [6.07, 6.45) is 3.34. The van der Waals surface area contributed by atoms with Crippen LogP contribution in [-0.4, -0.2) is 30.7 Å². The Balaban J connectivity index is 1.69. The normalized spacial score (nSPS) is 12.3. The number of amides is 1. The van der Waals surface area contributed by atoms with Crippen LogP contribution >= 0.6 is 23.4 Å². The van der Waals surface area contributed by atoms with Crippen molar-refractivity contribution in [3.63, 3.8) is 0 Å². The van der Waals surface area contributed by atoms with Gasteiger partial charge in [0, 0.05) is 12.4 Å². The average Bonchev–Trinajstić information content (AvgIpc) is 2.92. The molecule has 1 N–H and O–H groups in total. The molecule has 2 aromatic heterocycles. The number of halogens is 2. The van der Waals surface area contributed by atoms with E-state index in [4.69, 9.17) is 11.6 Å². The Hall–Kier alpha value is -2.19. The fourth-order valence-electron chi connectivity index (χ4n) is 1.80. The van der Waals surface area contributed by atoms with Crippen molar-refractivity contribution < 1.29 is 9.18 Å². The van der Waals surface area contributed by atoms with Crippen LogP contribution in [0.5, 0.6) is 0 Å². The summed E-state index contributed by atoms with van der Waals surface area (Å²) in [5.74, 6) is -0.281. The van der Waals surface area contributed by atoms with Crippen LogP contribution in [0.2, 0.25) is 5.02 Å². The molecule has 0 saturated heterocycles. The largest absolute Gasteiger partial charge is 0.324 e. The van der Waals surface area contributed by atoms with Crippen LogP contribution in [0.25, 0.3) is 5.78 Å². The zero-order chi connectivity index (χ0) is 16.4. The lowest BCUT2D eigenvalue weighted by Gasteiger charge is -2.11. The SMILES string of the molecule is CC(Sc1nc2ncccn2n1)C(=O)Nc1ccc(F)cc1Cl. The molecule has 0 bridgehead atoms. The molecule has 3 aromatic rings. The number of rotatable bonds is 4. The topological polar surface area (TPSA) is 72.2 Å². The zero-order valence-corrected chi connectivity index (χ0v) is 13.5. The van der Waals surface area contributed by atoms with Gasteiger partial charge in [0.15, 0.2) is 0 Å². The lowest BCUT2D eigenvalue weighted by atomic mass is 10.3. The molecule has 23 heavy (non-hydrogen) atoms. The molecule has 1 unspecified atom stereocenters. The van der Waals surface area contributed by atoms with Gasteiger partial charge in [0.1, 0.15) is 5.82 Å². The van der Waals surface area contributed by atoms with E-state index in [0.29, 0.717) is 16.6 Å². The molecule has 2 heterocycles. The second kappa shape index (κ2) is 6.51. The molecular weight excluding hydrogens is 341 g/mol. The first-order valence-corrected chi connectivity index (χ1v) is 7.88. The number of hydrogen-bond acceptors (Lipinski definition) is 5. The maximum absolute atomic E-state index is 13.0. The van der Waals surface area contributed by atoms with Crippen LogP contribution < -0.4 is 5.32 Å². The van der Waals surface area contributed by atoms with E-state index in [2.05, 4.69) is 20.4 Å². The first kappa shape index (κ1) is 15.7. The van der Waals surface area contributed by atoms with Crippen molar-refractivity contribution in [1.29, 1.82) is 0 Å². The minimum Gasteiger partial charge on any atom is -0.324 e. The molecule has 0 aliphatic carbocycles. The van der Waals surface area contributed by atoms with E-state index in [0.717, 1.165) is 6.07 Å². The van der Waals surface area contributed by atoms with E-state index >= 15 is 0 Å². The molecule has 118 valence electrons. The molecule has 1 amide bonds. The summed E-state index contributed by atoms with van der Waals surface area (Å²) in [6.45, 7) is 1.72. The number of carbonyl (C=O) groups excluding carboxylic acids is 1. The van der Waals surface area contributed by atoms with Gasteiger partial charge in [-0.3, -0.25) is 4.79 Å². The van der Waals surface area contributed by atoms with E-state index in [-0.39, 0.29) is 10.9 Å². The fourth-order valence-corrected chi connectivity index (χ4v) is 2.77. The highest BCUT2D eigenvalue weighted by Gasteiger charge is 2.18. The van der Waals surface area contributed by atoms with Gasteiger partial charge < -0.3 is 5.32 Å². The Morgan fingerprint density at radius 3 is 3.04 bits per heavy atom. The van der Waals surface area contributed by atoms with E-state index in [9.17, 15) is 9.18 Å². The monoisotopic (exact) mass is 351 g/mol. The van der Waals surface area contributed by atoms with Gasteiger partial charge in [0.2, 0.25) is 11.1 Å². The van der Waals surface area contributed by atoms with E-state index in [1.165, 1.54) is 28.4 Å². The highest BCUT2D eigenvalue weighted by atomic mass is 35.5. The van der Waals surface area contributed by atoms with Gasteiger partial charge in [-0.2, -0.15) is 4.98 Å². The number of benzene rings is 1. The van der Waals surface area contributed by atoms with Gasteiger partial charge in [-0.15, -0.1) is 5.10 Å². The Bertz CT molecular complexity index is 838. The summed E-state index contributed by atoms with van der Waals surface area (Å²) in [5, 5.41) is 7.00. The Labute approximate surface area is 140 Å². The van der Waals surface area contributed by atoms with Crippen LogP contribution in [0, 0.1) is 5.82 Å². The highest BCUT2D eigenvalue weighted by molar-refractivity contribution is 8.00. The third-order valence-corrected chi connectivity index (χ3v) is 4.20. The van der Waals surface area contributed by atoms with Gasteiger partial charge in [-0.05, 0) is 31.2 Å². The van der Waals surface area contributed by atoms with Crippen LogP contribution in [-0.2, 0) is 4.79 Å². The molecule has 1 aromatic carbocycles. The lowest BCUT2D eigenvalue weighted by Crippen LogP contribution is -2.22. The molecule has 0 aliphatic heterocycles. The minimum absolute atomic E-state index is 0.144. The molecule has 3 rings (SSSR count). The summed E-state index contributed by atoms with van der Waals surface area (Å²) in [5.41, 5.74) is 0.357. The molecule has 9 heteroatoms.